The summed E-state index contributed by atoms with van der Waals surface area (Å²) in [5, 5.41) is 8.18. The van der Waals surface area contributed by atoms with Gasteiger partial charge >= 0.3 is 0 Å². The van der Waals surface area contributed by atoms with Crippen LogP contribution in [0.5, 0.6) is 11.5 Å². The fourth-order valence-electron chi connectivity index (χ4n) is 3.70. The van der Waals surface area contributed by atoms with Crippen molar-refractivity contribution in [1.29, 1.82) is 0 Å². The van der Waals surface area contributed by atoms with E-state index in [2.05, 4.69) is 30.3 Å². The molecule has 0 saturated heterocycles. The summed E-state index contributed by atoms with van der Waals surface area (Å²) in [6.07, 6.45) is 1.71. The summed E-state index contributed by atoms with van der Waals surface area (Å²) in [4.78, 5) is 20.7. The van der Waals surface area contributed by atoms with Crippen LogP contribution in [0.2, 0.25) is 0 Å². The highest BCUT2D eigenvalue weighted by molar-refractivity contribution is 7.12. The van der Waals surface area contributed by atoms with Gasteiger partial charge in [-0.05, 0) is 52.0 Å². The van der Waals surface area contributed by atoms with Crippen molar-refractivity contribution in [2.75, 3.05) is 19.5 Å². The lowest BCUT2D eigenvalue weighted by molar-refractivity contribution is 0.102. The number of fused-ring (bicyclic) bond motifs is 1. The monoisotopic (exact) mass is 450 g/mol. The van der Waals surface area contributed by atoms with Gasteiger partial charge in [-0.25, -0.2) is 9.67 Å². The summed E-state index contributed by atoms with van der Waals surface area (Å²) in [6, 6.07) is 9.33. The van der Waals surface area contributed by atoms with Crippen LogP contribution in [0.4, 0.5) is 5.69 Å². The summed E-state index contributed by atoms with van der Waals surface area (Å²) < 4.78 is 12.5. The van der Waals surface area contributed by atoms with Crippen LogP contribution in [-0.4, -0.2) is 34.9 Å². The van der Waals surface area contributed by atoms with E-state index in [1.165, 1.54) is 4.88 Å². The number of nitrogens with zero attached hydrogens (tertiary/aromatic N) is 3. The third kappa shape index (κ3) is 3.93. The number of ether oxygens (including phenoxy) is 2. The topological polar surface area (TPSA) is 78.3 Å². The molecule has 0 aliphatic heterocycles. The molecule has 0 fully saturated rings. The van der Waals surface area contributed by atoms with Gasteiger partial charge in [-0.2, -0.15) is 5.10 Å². The average molecular weight is 451 g/mol. The fourth-order valence-corrected chi connectivity index (χ4v) is 4.63. The zero-order chi connectivity index (χ0) is 23.0. The third-order valence-corrected chi connectivity index (χ3v) is 6.24. The van der Waals surface area contributed by atoms with Crippen LogP contribution in [0.3, 0.4) is 0 Å². The van der Waals surface area contributed by atoms with E-state index in [1.807, 2.05) is 24.6 Å². The largest absolute Gasteiger partial charge is 0.497 e. The summed E-state index contributed by atoms with van der Waals surface area (Å²) in [7, 11) is 3.14. The van der Waals surface area contributed by atoms with Crippen molar-refractivity contribution in [3.05, 3.63) is 51.8 Å². The lowest BCUT2D eigenvalue weighted by atomic mass is 10.1. The Morgan fingerprint density at radius 2 is 1.91 bits per heavy atom. The maximum atomic E-state index is 13.4. The zero-order valence-electron chi connectivity index (χ0n) is 19.0. The molecule has 8 heteroatoms. The number of carbonyl (C=O) groups excluding carboxylic acids is 1. The molecule has 0 saturated carbocycles. The first-order valence-corrected chi connectivity index (χ1v) is 11.1. The van der Waals surface area contributed by atoms with Crippen molar-refractivity contribution in [3.8, 4) is 22.8 Å². The van der Waals surface area contributed by atoms with E-state index in [9.17, 15) is 4.79 Å². The van der Waals surface area contributed by atoms with Gasteiger partial charge in [0.2, 0.25) is 0 Å². The number of benzene rings is 1. The Morgan fingerprint density at radius 1 is 1.12 bits per heavy atom. The molecule has 4 rings (SSSR count). The van der Waals surface area contributed by atoms with Gasteiger partial charge in [-0.3, -0.25) is 4.79 Å². The molecular weight excluding hydrogens is 424 g/mol. The Kier molecular flexibility index (Phi) is 5.88. The average Bonchev–Trinajstić information content (AvgIpc) is 3.35. The van der Waals surface area contributed by atoms with Crippen molar-refractivity contribution >= 4 is 34.0 Å². The van der Waals surface area contributed by atoms with Gasteiger partial charge in [0, 0.05) is 27.4 Å². The van der Waals surface area contributed by atoms with Gasteiger partial charge in [0.15, 0.2) is 5.65 Å². The number of hydrogen-bond donors (Lipinski definition) is 1. The van der Waals surface area contributed by atoms with Crippen molar-refractivity contribution in [3.63, 3.8) is 0 Å². The van der Waals surface area contributed by atoms with Crippen LogP contribution in [0.1, 0.15) is 40.0 Å². The van der Waals surface area contributed by atoms with Crippen molar-refractivity contribution in [2.24, 2.45) is 0 Å². The minimum Gasteiger partial charge on any atom is -0.497 e. The number of carbonyl (C=O) groups is 1. The number of methoxy groups -OCH3 is 2. The molecule has 0 aliphatic rings. The van der Waals surface area contributed by atoms with Crippen molar-refractivity contribution < 1.29 is 14.3 Å². The van der Waals surface area contributed by atoms with Gasteiger partial charge in [0.05, 0.1) is 42.7 Å². The van der Waals surface area contributed by atoms with Gasteiger partial charge in [-0.15, -0.1) is 11.3 Å². The number of anilines is 1. The van der Waals surface area contributed by atoms with E-state index in [-0.39, 0.29) is 11.9 Å². The number of thiophene rings is 1. The molecule has 0 bridgehead atoms. The molecule has 4 aromatic rings. The SMILES string of the molecule is COc1ccc(NC(=O)c2cc(-c3cc(C)sc3C)nc3c2cnn3C(C)C)c(OC)c1. The Bertz CT molecular complexity index is 1310. The van der Waals surface area contributed by atoms with E-state index in [0.717, 1.165) is 16.1 Å². The molecule has 3 aromatic heterocycles. The first-order chi connectivity index (χ1) is 15.3. The number of aromatic nitrogens is 3. The fraction of sp³-hybridized carbons (Fsp3) is 0.292. The first-order valence-electron chi connectivity index (χ1n) is 10.3. The van der Waals surface area contributed by atoms with Gasteiger partial charge in [-0.1, -0.05) is 0 Å². The van der Waals surface area contributed by atoms with E-state index >= 15 is 0 Å². The number of amides is 1. The molecule has 0 radical (unpaired) electrons. The molecule has 0 atom stereocenters. The van der Waals surface area contributed by atoms with E-state index in [0.29, 0.717) is 33.8 Å². The minimum absolute atomic E-state index is 0.109. The maximum absolute atomic E-state index is 13.4. The Labute approximate surface area is 191 Å². The second kappa shape index (κ2) is 8.63. The standard InChI is InChI=1S/C24H26N4O3S/c1-13(2)28-23-19(12-25-28)18(11-21(26-23)17-9-14(3)32-15(17)4)24(29)27-20-8-7-16(30-5)10-22(20)31-6/h7-13H,1-6H3,(H,27,29). The highest BCUT2D eigenvalue weighted by Crippen LogP contribution is 2.34. The number of rotatable bonds is 6. The Morgan fingerprint density at radius 3 is 2.53 bits per heavy atom. The van der Waals surface area contributed by atoms with Gasteiger partial charge in [0.1, 0.15) is 11.5 Å². The van der Waals surface area contributed by atoms with Crippen LogP contribution in [0.25, 0.3) is 22.3 Å². The van der Waals surface area contributed by atoms with Crippen molar-refractivity contribution in [1.82, 2.24) is 14.8 Å². The molecule has 166 valence electrons. The molecule has 1 aromatic carbocycles. The minimum atomic E-state index is -0.255. The summed E-state index contributed by atoms with van der Waals surface area (Å²) in [5.41, 5.74) is 3.55. The van der Waals surface area contributed by atoms with Crippen molar-refractivity contribution in [2.45, 2.75) is 33.7 Å². The molecule has 0 aliphatic carbocycles. The molecule has 1 amide bonds. The molecule has 0 spiro atoms. The number of aryl methyl sites for hydroxylation is 2. The predicted molar refractivity (Wildman–Crippen MR) is 128 cm³/mol. The quantitative estimate of drug-likeness (QED) is 0.412. The molecule has 1 N–H and O–H groups in total. The summed E-state index contributed by atoms with van der Waals surface area (Å²) in [6.45, 7) is 8.23. The highest BCUT2D eigenvalue weighted by Gasteiger charge is 2.21. The lowest BCUT2D eigenvalue weighted by Crippen LogP contribution is -2.14. The van der Waals surface area contributed by atoms with Crippen LogP contribution in [0, 0.1) is 13.8 Å². The normalized spacial score (nSPS) is 11.2. The Hall–Kier alpha value is -3.39. The molecule has 7 nitrogen and oxygen atoms in total. The smallest absolute Gasteiger partial charge is 0.256 e. The molecule has 32 heavy (non-hydrogen) atoms. The van der Waals surface area contributed by atoms with E-state index in [4.69, 9.17) is 14.5 Å². The van der Waals surface area contributed by atoms with Gasteiger partial charge in [0.25, 0.3) is 5.91 Å². The first kappa shape index (κ1) is 21.8. The molecule has 3 heterocycles. The Balaban J connectivity index is 1.84. The number of nitrogens with one attached hydrogen (secondary N) is 1. The maximum Gasteiger partial charge on any atom is 0.256 e. The number of pyridine rings is 1. The predicted octanol–water partition coefficient (Wildman–Crippen LogP) is 5.63. The zero-order valence-corrected chi connectivity index (χ0v) is 19.8. The van der Waals surface area contributed by atoms with E-state index < -0.39 is 0 Å². The molecule has 0 unspecified atom stereocenters. The second-order valence-electron chi connectivity index (χ2n) is 7.82. The van der Waals surface area contributed by atoms with Crippen LogP contribution < -0.4 is 14.8 Å². The number of hydrogen-bond acceptors (Lipinski definition) is 6. The van der Waals surface area contributed by atoms with Crippen LogP contribution in [0.15, 0.2) is 36.5 Å². The third-order valence-electron chi connectivity index (χ3n) is 5.27. The van der Waals surface area contributed by atoms with Gasteiger partial charge < -0.3 is 14.8 Å². The lowest BCUT2D eigenvalue weighted by Gasteiger charge is -2.13. The second-order valence-corrected chi connectivity index (χ2v) is 9.28. The molecular formula is C24H26N4O3S. The highest BCUT2D eigenvalue weighted by atomic mass is 32.1. The summed E-state index contributed by atoms with van der Waals surface area (Å²) in [5.74, 6) is 0.912. The summed E-state index contributed by atoms with van der Waals surface area (Å²) >= 11 is 1.72. The van der Waals surface area contributed by atoms with Crippen LogP contribution in [-0.2, 0) is 0 Å². The van der Waals surface area contributed by atoms with E-state index in [1.54, 1.807) is 50.0 Å². The van der Waals surface area contributed by atoms with Crippen LogP contribution >= 0.6 is 11.3 Å².